The van der Waals surface area contributed by atoms with Crippen LogP contribution in [0.4, 0.5) is 4.39 Å². The third kappa shape index (κ3) is 3.02. The predicted molar refractivity (Wildman–Crippen MR) is 74.0 cm³/mol. The summed E-state index contributed by atoms with van der Waals surface area (Å²) in [6.45, 7) is 4.51. The molecule has 1 aliphatic rings. The summed E-state index contributed by atoms with van der Waals surface area (Å²) < 4.78 is 40.4. The van der Waals surface area contributed by atoms with Gasteiger partial charge in [0.05, 0.1) is 6.61 Å². The van der Waals surface area contributed by atoms with Crippen LogP contribution in [0.1, 0.15) is 25.8 Å². The van der Waals surface area contributed by atoms with E-state index < -0.39 is 15.8 Å². The van der Waals surface area contributed by atoms with Crippen molar-refractivity contribution >= 4 is 10.0 Å². The van der Waals surface area contributed by atoms with Crippen LogP contribution in [0.25, 0.3) is 0 Å². The highest BCUT2D eigenvalue weighted by Gasteiger charge is 2.33. The molecule has 0 spiro atoms. The number of aliphatic hydroxyl groups excluding tert-OH is 1. The molecule has 0 aromatic heterocycles. The number of benzene rings is 1. The number of aliphatic hydroxyl groups is 1. The summed E-state index contributed by atoms with van der Waals surface area (Å²) in [5.74, 6) is -0.247. The minimum Gasteiger partial charge on any atom is -0.392 e. The molecule has 1 aromatic carbocycles. The Labute approximate surface area is 119 Å². The molecule has 1 fully saturated rings. The van der Waals surface area contributed by atoms with E-state index in [2.05, 4.69) is 0 Å². The summed E-state index contributed by atoms with van der Waals surface area (Å²) in [7, 11) is -3.84. The first-order valence-electron chi connectivity index (χ1n) is 6.74. The molecule has 2 atom stereocenters. The molecule has 1 heterocycles. The molecule has 1 N–H and O–H groups in total. The third-order valence-electron chi connectivity index (χ3n) is 3.63. The van der Waals surface area contributed by atoms with E-state index in [-0.39, 0.29) is 23.3 Å². The lowest BCUT2D eigenvalue weighted by molar-refractivity contribution is 0.222. The van der Waals surface area contributed by atoms with Gasteiger partial charge in [-0.1, -0.05) is 19.9 Å². The fraction of sp³-hybridized carbons (Fsp3) is 0.571. The van der Waals surface area contributed by atoms with Gasteiger partial charge in [0.15, 0.2) is 0 Å². The van der Waals surface area contributed by atoms with Crippen LogP contribution >= 0.6 is 0 Å². The third-order valence-corrected chi connectivity index (χ3v) is 5.48. The minimum atomic E-state index is -3.84. The van der Waals surface area contributed by atoms with Crippen LogP contribution in [0.15, 0.2) is 23.1 Å². The minimum absolute atomic E-state index is 0.262. The smallest absolute Gasteiger partial charge is 0.246 e. The van der Waals surface area contributed by atoms with E-state index in [0.29, 0.717) is 18.7 Å². The van der Waals surface area contributed by atoms with Crippen molar-refractivity contribution in [3.8, 4) is 0 Å². The lowest BCUT2D eigenvalue weighted by Crippen LogP contribution is -2.42. The Balaban J connectivity index is 2.39. The van der Waals surface area contributed by atoms with Gasteiger partial charge in [-0.2, -0.15) is 4.31 Å². The largest absolute Gasteiger partial charge is 0.392 e. The van der Waals surface area contributed by atoms with Gasteiger partial charge in [-0.15, -0.1) is 0 Å². The number of hydrogen-bond acceptors (Lipinski definition) is 3. The summed E-state index contributed by atoms with van der Waals surface area (Å²) in [6, 6.07) is 3.69. The Morgan fingerprint density at radius 2 is 1.90 bits per heavy atom. The molecule has 2 unspecified atom stereocenters. The van der Waals surface area contributed by atoms with Gasteiger partial charge in [-0.3, -0.25) is 0 Å². The second kappa shape index (κ2) is 5.79. The first-order chi connectivity index (χ1) is 9.34. The van der Waals surface area contributed by atoms with Crippen molar-refractivity contribution in [3.63, 3.8) is 0 Å². The Bertz CT molecular complexity index is 578. The average Bonchev–Trinajstić information content (AvgIpc) is 2.38. The van der Waals surface area contributed by atoms with E-state index in [1.807, 2.05) is 13.8 Å². The predicted octanol–water partition coefficient (Wildman–Crippen LogP) is 1.98. The van der Waals surface area contributed by atoms with Crippen LogP contribution in [-0.2, 0) is 16.6 Å². The van der Waals surface area contributed by atoms with E-state index in [1.165, 1.54) is 16.4 Å². The summed E-state index contributed by atoms with van der Waals surface area (Å²) in [6.07, 6.45) is 0.977. The highest BCUT2D eigenvalue weighted by atomic mass is 32.2. The molecule has 6 heteroatoms. The van der Waals surface area contributed by atoms with Gasteiger partial charge in [-0.25, -0.2) is 12.8 Å². The normalized spacial score (nSPS) is 24.8. The SMILES string of the molecule is CC1CC(C)CN(S(=O)(=O)c2cc(CO)ccc2F)C1. The van der Waals surface area contributed by atoms with Crippen LogP contribution in [0, 0.1) is 17.7 Å². The van der Waals surface area contributed by atoms with Crippen molar-refractivity contribution < 1.29 is 17.9 Å². The number of piperidine rings is 1. The van der Waals surface area contributed by atoms with Crippen LogP contribution < -0.4 is 0 Å². The summed E-state index contributed by atoms with van der Waals surface area (Å²) in [4.78, 5) is -0.342. The maximum Gasteiger partial charge on any atom is 0.246 e. The number of nitrogens with zero attached hydrogens (tertiary/aromatic N) is 1. The maximum atomic E-state index is 13.9. The first-order valence-corrected chi connectivity index (χ1v) is 8.18. The van der Waals surface area contributed by atoms with E-state index in [0.717, 1.165) is 12.5 Å². The fourth-order valence-corrected chi connectivity index (χ4v) is 4.58. The zero-order valence-electron chi connectivity index (χ0n) is 11.7. The lowest BCUT2D eigenvalue weighted by atomic mass is 9.94. The lowest BCUT2D eigenvalue weighted by Gasteiger charge is -2.34. The molecule has 1 saturated heterocycles. The first kappa shape index (κ1) is 15.4. The molecule has 0 radical (unpaired) electrons. The van der Waals surface area contributed by atoms with Crippen LogP contribution in [0.2, 0.25) is 0 Å². The Hall–Kier alpha value is -0.980. The molecule has 0 aliphatic carbocycles. The number of halogens is 1. The topological polar surface area (TPSA) is 57.6 Å². The molecule has 20 heavy (non-hydrogen) atoms. The van der Waals surface area contributed by atoms with Crippen molar-refractivity contribution in [1.82, 2.24) is 4.31 Å². The quantitative estimate of drug-likeness (QED) is 0.929. The van der Waals surface area contributed by atoms with Crippen molar-refractivity contribution in [1.29, 1.82) is 0 Å². The van der Waals surface area contributed by atoms with E-state index in [1.54, 1.807) is 0 Å². The van der Waals surface area contributed by atoms with Gasteiger partial charge in [-0.05, 0) is 36.0 Å². The molecule has 2 rings (SSSR count). The van der Waals surface area contributed by atoms with Gasteiger partial charge in [0.1, 0.15) is 10.7 Å². The summed E-state index contributed by atoms with van der Waals surface area (Å²) in [5, 5.41) is 9.08. The van der Waals surface area contributed by atoms with Gasteiger partial charge < -0.3 is 5.11 Å². The van der Waals surface area contributed by atoms with Gasteiger partial charge in [0.2, 0.25) is 10.0 Å². The Morgan fingerprint density at radius 3 is 2.45 bits per heavy atom. The maximum absolute atomic E-state index is 13.9. The molecule has 112 valence electrons. The zero-order chi connectivity index (χ0) is 14.9. The fourth-order valence-electron chi connectivity index (χ4n) is 2.78. The molecule has 0 amide bonds. The van der Waals surface area contributed by atoms with Crippen LogP contribution in [0.5, 0.6) is 0 Å². The molecule has 1 aliphatic heterocycles. The van der Waals surface area contributed by atoms with E-state index in [4.69, 9.17) is 5.11 Å². The van der Waals surface area contributed by atoms with Crippen molar-refractivity contribution in [2.45, 2.75) is 31.8 Å². The van der Waals surface area contributed by atoms with Crippen LogP contribution in [-0.4, -0.2) is 30.9 Å². The second-order valence-corrected chi connectivity index (χ2v) is 7.60. The molecular weight excluding hydrogens is 281 g/mol. The zero-order valence-corrected chi connectivity index (χ0v) is 12.5. The molecular formula is C14H20FNO3S. The van der Waals surface area contributed by atoms with E-state index in [9.17, 15) is 12.8 Å². The van der Waals surface area contributed by atoms with Crippen molar-refractivity contribution in [2.24, 2.45) is 11.8 Å². The monoisotopic (exact) mass is 301 g/mol. The molecule has 0 bridgehead atoms. The highest BCUT2D eigenvalue weighted by Crippen LogP contribution is 2.28. The highest BCUT2D eigenvalue weighted by molar-refractivity contribution is 7.89. The number of sulfonamides is 1. The van der Waals surface area contributed by atoms with Crippen molar-refractivity contribution in [2.75, 3.05) is 13.1 Å². The van der Waals surface area contributed by atoms with Gasteiger partial charge in [0, 0.05) is 13.1 Å². The van der Waals surface area contributed by atoms with E-state index >= 15 is 0 Å². The average molecular weight is 301 g/mol. The standard InChI is InChI=1S/C14H20FNO3S/c1-10-5-11(2)8-16(7-10)20(18,19)14-6-12(9-17)3-4-13(14)15/h3-4,6,10-11,17H,5,7-9H2,1-2H3. The Kier molecular flexibility index (Phi) is 4.46. The summed E-state index contributed by atoms with van der Waals surface area (Å²) in [5.41, 5.74) is 0.392. The van der Waals surface area contributed by atoms with Gasteiger partial charge in [0.25, 0.3) is 0 Å². The molecule has 4 nitrogen and oxygen atoms in total. The number of rotatable bonds is 3. The molecule has 1 aromatic rings. The second-order valence-electron chi connectivity index (χ2n) is 5.69. The van der Waals surface area contributed by atoms with Gasteiger partial charge >= 0.3 is 0 Å². The molecule has 0 saturated carbocycles. The Morgan fingerprint density at radius 1 is 1.30 bits per heavy atom. The van der Waals surface area contributed by atoms with Crippen molar-refractivity contribution in [3.05, 3.63) is 29.6 Å². The number of hydrogen-bond donors (Lipinski definition) is 1. The van der Waals surface area contributed by atoms with Crippen LogP contribution in [0.3, 0.4) is 0 Å². The summed E-state index contributed by atoms with van der Waals surface area (Å²) >= 11 is 0.